The lowest BCUT2D eigenvalue weighted by Crippen LogP contribution is -2.37. The van der Waals surface area contributed by atoms with Crippen molar-refractivity contribution >= 4 is 17.3 Å². The van der Waals surface area contributed by atoms with Crippen molar-refractivity contribution in [3.63, 3.8) is 0 Å². The SMILES string of the molecule is CNCCOc1cccc(-c2cnc(N)c(C(=O)Cc3cnccc3N3CCOCC3)n2)c1. The van der Waals surface area contributed by atoms with Crippen molar-refractivity contribution in [1.29, 1.82) is 0 Å². The molecule has 33 heavy (non-hydrogen) atoms. The minimum absolute atomic E-state index is 0.113. The molecular weight excluding hydrogens is 420 g/mol. The number of nitrogens with two attached hydrogens (primary N) is 1. The van der Waals surface area contributed by atoms with Crippen molar-refractivity contribution in [3.8, 4) is 17.0 Å². The molecule has 9 heteroatoms. The number of nitrogens with one attached hydrogen (secondary N) is 1. The number of benzene rings is 1. The Labute approximate surface area is 193 Å². The third-order valence-electron chi connectivity index (χ3n) is 5.40. The van der Waals surface area contributed by atoms with Gasteiger partial charge in [-0.1, -0.05) is 12.1 Å². The number of carbonyl (C=O) groups excluding carboxylic acids is 1. The van der Waals surface area contributed by atoms with Gasteiger partial charge in [-0.15, -0.1) is 0 Å². The minimum Gasteiger partial charge on any atom is -0.492 e. The number of ether oxygens (including phenoxy) is 2. The van der Waals surface area contributed by atoms with Gasteiger partial charge >= 0.3 is 0 Å². The first kappa shape index (κ1) is 22.6. The van der Waals surface area contributed by atoms with Gasteiger partial charge in [-0.05, 0) is 25.2 Å². The number of anilines is 2. The summed E-state index contributed by atoms with van der Waals surface area (Å²) in [5, 5.41) is 3.04. The lowest BCUT2D eigenvalue weighted by molar-refractivity contribution is 0.0988. The van der Waals surface area contributed by atoms with E-state index in [1.54, 1.807) is 18.6 Å². The van der Waals surface area contributed by atoms with E-state index in [2.05, 4.69) is 25.2 Å². The Balaban J connectivity index is 1.55. The molecule has 2 aromatic heterocycles. The van der Waals surface area contributed by atoms with Crippen LogP contribution in [0, 0.1) is 0 Å². The molecular formula is C24H28N6O3. The smallest absolute Gasteiger partial charge is 0.189 e. The summed E-state index contributed by atoms with van der Waals surface area (Å²) in [6.45, 7) is 4.16. The van der Waals surface area contributed by atoms with E-state index in [-0.39, 0.29) is 23.7 Å². The van der Waals surface area contributed by atoms with Crippen LogP contribution in [0.4, 0.5) is 11.5 Å². The van der Waals surface area contributed by atoms with Crippen LogP contribution in [0.25, 0.3) is 11.3 Å². The molecule has 1 aliphatic heterocycles. The van der Waals surface area contributed by atoms with E-state index in [9.17, 15) is 4.79 Å². The standard InChI is InChI=1S/C24H28N6O3/c1-26-7-10-33-19-4-2-3-17(13-19)20-16-28-24(25)23(29-20)22(31)14-18-15-27-6-5-21(18)30-8-11-32-12-9-30/h2-6,13,15-16,26H,7-12,14H2,1H3,(H2,25,28). The summed E-state index contributed by atoms with van der Waals surface area (Å²) >= 11 is 0. The van der Waals surface area contributed by atoms with E-state index in [0.717, 1.165) is 42.2 Å². The molecule has 0 radical (unpaired) electrons. The first-order valence-corrected chi connectivity index (χ1v) is 10.9. The number of aromatic nitrogens is 3. The average Bonchev–Trinajstić information content (AvgIpc) is 2.85. The first-order valence-electron chi connectivity index (χ1n) is 10.9. The number of nitrogen functional groups attached to an aromatic ring is 1. The molecule has 0 unspecified atom stereocenters. The number of Topliss-reactive ketones (excluding diaryl/α,β-unsaturated/α-hetero) is 1. The highest BCUT2D eigenvalue weighted by Crippen LogP contribution is 2.25. The van der Waals surface area contributed by atoms with E-state index < -0.39 is 0 Å². The van der Waals surface area contributed by atoms with Crippen LogP contribution in [0.2, 0.25) is 0 Å². The third-order valence-corrected chi connectivity index (χ3v) is 5.40. The van der Waals surface area contributed by atoms with Crippen LogP contribution < -0.4 is 20.7 Å². The van der Waals surface area contributed by atoms with Gasteiger partial charge in [0.1, 0.15) is 18.1 Å². The Bertz CT molecular complexity index is 1100. The van der Waals surface area contributed by atoms with Crippen LogP contribution in [0.15, 0.2) is 48.9 Å². The van der Waals surface area contributed by atoms with Crippen molar-refractivity contribution in [2.45, 2.75) is 6.42 Å². The van der Waals surface area contributed by atoms with Crippen molar-refractivity contribution in [2.75, 3.05) is 57.1 Å². The second kappa shape index (κ2) is 10.8. The Morgan fingerprint density at radius 3 is 2.91 bits per heavy atom. The van der Waals surface area contributed by atoms with Crippen LogP contribution in [0.1, 0.15) is 16.1 Å². The number of likely N-dealkylation sites (N-methyl/N-ethyl adjacent to an activating group) is 1. The molecule has 172 valence electrons. The van der Waals surface area contributed by atoms with Crippen molar-refractivity contribution in [1.82, 2.24) is 20.3 Å². The van der Waals surface area contributed by atoms with Gasteiger partial charge in [-0.2, -0.15) is 0 Å². The summed E-state index contributed by atoms with van der Waals surface area (Å²) in [4.78, 5) is 28.4. The zero-order valence-corrected chi connectivity index (χ0v) is 18.7. The molecule has 1 aromatic carbocycles. The third kappa shape index (κ3) is 5.63. The van der Waals surface area contributed by atoms with Crippen LogP contribution in [-0.4, -0.2) is 67.2 Å². The molecule has 4 rings (SSSR count). The van der Waals surface area contributed by atoms with Crippen molar-refractivity contribution in [3.05, 3.63) is 60.2 Å². The molecule has 0 aliphatic carbocycles. The molecule has 9 nitrogen and oxygen atoms in total. The number of hydrogen-bond acceptors (Lipinski definition) is 9. The molecule has 0 atom stereocenters. The fourth-order valence-electron chi connectivity index (χ4n) is 3.68. The lowest BCUT2D eigenvalue weighted by Gasteiger charge is -2.30. The molecule has 0 amide bonds. The van der Waals surface area contributed by atoms with Gasteiger partial charge in [-0.3, -0.25) is 9.78 Å². The number of hydrogen-bond donors (Lipinski definition) is 2. The molecule has 1 fully saturated rings. The highest BCUT2D eigenvalue weighted by molar-refractivity contribution is 6.00. The predicted octanol–water partition coefficient (Wildman–Crippen LogP) is 1.98. The van der Waals surface area contributed by atoms with Gasteiger partial charge in [0.2, 0.25) is 0 Å². The summed E-state index contributed by atoms with van der Waals surface area (Å²) in [5.41, 5.74) is 9.38. The van der Waals surface area contributed by atoms with Crippen LogP contribution in [-0.2, 0) is 11.2 Å². The molecule has 3 aromatic rings. The predicted molar refractivity (Wildman–Crippen MR) is 127 cm³/mol. The maximum absolute atomic E-state index is 13.2. The van der Waals surface area contributed by atoms with Crippen LogP contribution in [0.5, 0.6) is 5.75 Å². The van der Waals surface area contributed by atoms with Crippen LogP contribution >= 0.6 is 0 Å². The Hall–Kier alpha value is -3.56. The number of nitrogens with zero attached hydrogens (tertiary/aromatic N) is 4. The maximum Gasteiger partial charge on any atom is 0.189 e. The molecule has 1 saturated heterocycles. The van der Waals surface area contributed by atoms with E-state index in [0.29, 0.717) is 25.5 Å². The highest BCUT2D eigenvalue weighted by atomic mass is 16.5. The van der Waals surface area contributed by atoms with Gasteiger partial charge < -0.3 is 25.4 Å². The van der Waals surface area contributed by atoms with Crippen molar-refractivity contribution in [2.24, 2.45) is 0 Å². The van der Waals surface area contributed by atoms with Gasteiger partial charge in [-0.25, -0.2) is 9.97 Å². The zero-order valence-electron chi connectivity index (χ0n) is 18.7. The van der Waals surface area contributed by atoms with E-state index in [1.807, 2.05) is 37.4 Å². The normalized spacial score (nSPS) is 13.7. The number of morpholine rings is 1. The monoisotopic (exact) mass is 448 g/mol. The lowest BCUT2D eigenvalue weighted by atomic mass is 10.1. The topological polar surface area (TPSA) is 115 Å². The second-order valence-corrected chi connectivity index (χ2v) is 7.67. The van der Waals surface area contributed by atoms with Gasteiger partial charge in [0.05, 0.1) is 25.1 Å². The molecule has 1 aliphatic rings. The van der Waals surface area contributed by atoms with Gasteiger partial charge in [0.15, 0.2) is 11.6 Å². The summed E-state index contributed by atoms with van der Waals surface area (Å²) in [5.74, 6) is 0.632. The highest BCUT2D eigenvalue weighted by Gasteiger charge is 2.20. The molecule has 0 spiro atoms. The number of carbonyl (C=O) groups is 1. The van der Waals surface area contributed by atoms with Crippen LogP contribution in [0.3, 0.4) is 0 Å². The molecule has 3 N–H and O–H groups in total. The fourth-order valence-corrected chi connectivity index (χ4v) is 3.68. The molecule has 0 saturated carbocycles. The second-order valence-electron chi connectivity index (χ2n) is 7.67. The van der Waals surface area contributed by atoms with E-state index in [1.165, 1.54) is 0 Å². The summed E-state index contributed by atoms with van der Waals surface area (Å²) in [6, 6.07) is 9.47. The first-order chi connectivity index (χ1) is 16.2. The largest absolute Gasteiger partial charge is 0.492 e. The molecule has 0 bridgehead atoms. The quantitative estimate of drug-likeness (QED) is 0.374. The number of rotatable bonds is 9. The Morgan fingerprint density at radius 1 is 1.24 bits per heavy atom. The summed E-state index contributed by atoms with van der Waals surface area (Å²) < 4.78 is 11.2. The van der Waals surface area contributed by atoms with Gasteiger partial charge in [0.25, 0.3) is 0 Å². The zero-order chi connectivity index (χ0) is 23.0. The molecule has 3 heterocycles. The van der Waals surface area contributed by atoms with Crippen molar-refractivity contribution < 1.29 is 14.3 Å². The maximum atomic E-state index is 13.2. The van der Waals surface area contributed by atoms with E-state index in [4.69, 9.17) is 15.2 Å². The summed E-state index contributed by atoms with van der Waals surface area (Å²) in [7, 11) is 1.87. The number of ketones is 1. The van der Waals surface area contributed by atoms with Gasteiger partial charge in [0, 0.05) is 55.3 Å². The Kier molecular flexibility index (Phi) is 7.43. The van der Waals surface area contributed by atoms with E-state index >= 15 is 0 Å². The fraction of sp³-hybridized carbons (Fsp3) is 0.333. The Morgan fingerprint density at radius 2 is 2.09 bits per heavy atom. The average molecular weight is 449 g/mol. The summed E-state index contributed by atoms with van der Waals surface area (Å²) in [6.07, 6.45) is 5.17. The number of pyridine rings is 1. The minimum atomic E-state index is -0.203.